The lowest BCUT2D eigenvalue weighted by Crippen LogP contribution is -2.61. The lowest BCUT2D eigenvalue weighted by molar-refractivity contribution is -0.136. The van der Waals surface area contributed by atoms with Gasteiger partial charge in [0, 0.05) is 12.2 Å². The Morgan fingerprint density at radius 1 is 1.21 bits per heavy atom. The highest BCUT2D eigenvalue weighted by molar-refractivity contribution is 9.10. The summed E-state index contributed by atoms with van der Waals surface area (Å²) in [5.41, 5.74) is -0.262. The maximum atomic E-state index is 13.4. The first-order chi connectivity index (χ1) is 13.6. The summed E-state index contributed by atoms with van der Waals surface area (Å²) >= 11 is 3.44. The minimum Gasteiger partial charge on any atom is -0.390 e. The van der Waals surface area contributed by atoms with Crippen molar-refractivity contribution >= 4 is 21.8 Å². The molecule has 0 saturated heterocycles. The quantitative estimate of drug-likeness (QED) is 0.734. The number of rotatable bonds is 3. The summed E-state index contributed by atoms with van der Waals surface area (Å²) in [7, 11) is 0. The lowest BCUT2D eigenvalue weighted by atomic mass is 9.52. The third-order valence-corrected chi connectivity index (χ3v) is 7.34. The Hall–Kier alpha value is -1.67. The van der Waals surface area contributed by atoms with Crippen molar-refractivity contribution in [1.29, 1.82) is 0 Å². The molecule has 6 rings (SSSR count). The lowest BCUT2D eigenvalue weighted by Gasteiger charge is -2.58. The van der Waals surface area contributed by atoms with Gasteiger partial charge in [0.1, 0.15) is 5.56 Å². The molecule has 4 fully saturated rings. The predicted octanol–water partition coefficient (Wildman–Crippen LogP) is 3.26. The maximum Gasteiger partial charge on any atom is 0.256 e. The molecule has 1 amide bonds. The zero-order chi connectivity index (χ0) is 20.6. The van der Waals surface area contributed by atoms with Crippen LogP contribution in [0.4, 0.5) is 0 Å². The molecule has 29 heavy (non-hydrogen) atoms. The number of nitrogens with zero attached hydrogens (tertiary/aromatic N) is 4. The fraction of sp³-hybridized carbons (Fsp3) is 0.667. The van der Waals surface area contributed by atoms with Gasteiger partial charge in [-0.25, -0.2) is 9.36 Å². The van der Waals surface area contributed by atoms with Gasteiger partial charge in [-0.3, -0.25) is 4.79 Å². The molecule has 3 unspecified atom stereocenters. The first-order valence-electron chi connectivity index (χ1n) is 10.5. The van der Waals surface area contributed by atoms with Crippen LogP contribution in [0.25, 0.3) is 5.82 Å². The smallest absolute Gasteiger partial charge is 0.256 e. The molecule has 7 nitrogen and oxygen atoms in total. The molecule has 0 radical (unpaired) electrons. The van der Waals surface area contributed by atoms with Crippen molar-refractivity contribution in [2.24, 2.45) is 17.8 Å². The van der Waals surface area contributed by atoms with Crippen LogP contribution in [0.1, 0.15) is 63.2 Å². The molecule has 0 aromatic carbocycles. The van der Waals surface area contributed by atoms with E-state index in [0.717, 1.165) is 36.6 Å². The van der Waals surface area contributed by atoms with E-state index in [2.05, 4.69) is 52.2 Å². The van der Waals surface area contributed by atoms with E-state index >= 15 is 0 Å². The molecule has 0 aliphatic heterocycles. The van der Waals surface area contributed by atoms with E-state index in [1.807, 2.05) is 10.9 Å². The number of halogens is 1. The predicted molar refractivity (Wildman–Crippen MR) is 112 cm³/mol. The molecule has 5 atom stereocenters. The van der Waals surface area contributed by atoms with Crippen LogP contribution in [-0.2, 0) is 5.54 Å². The van der Waals surface area contributed by atoms with E-state index in [1.54, 1.807) is 17.1 Å². The largest absolute Gasteiger partial charge is 0.390 e. The molecule has 4 aliphatic rings. The van der Waals surface area contributed by atoms with Crippen LogP contribution in [0.5, 0.6) is 0 Å². The molecule has 8 heteroatoms. The van der Waals surface area contributed by atoms with Crippen molar-refractivity contribution in [1.82, 2.24) is 24.9 Å². The van der Waals surface area contributed by atoms with Gasteiger partial charge in [0.2, 0.25) is 0 Å². The molecule has 2 heterocycles. The Morgan fingerprint density at radius 3 is 2.45 bits per heavy atom. The van der Waals surface area contributed by atoms with E-state index in [0.29, 0.717) is 29.1 Å². The van der Waals surface area contributed by atoms with Crippen LogP contribution in [0.15, 0.2) is 23.1 Å². The van der Waals surface area contributed by atoms with Gasteiger partial charge < -0.3 is 10.4 Å². The number of hydrogen-bond acceptors (Lipinski definition) is 4. The number of amides is 1. The fourth-order valence-electron chi connectivity index (χ4n) is 6.08. The van der Waals surface area contributed by atoms with Crippen molar-refractivity contribution in [3.05, 3.63) is 28.6 Å². The van der Waals surface area contributed by atoms with Crippen LogP contribution in [0.3, 0.4) is 0 Å². The molecular weight excluding hydrogens is 434 g/mol. The van der Waals surface area contributed by atoms with E-state index in [1.165, 1.54) is 0 Å². The summed E-state index contributed by atoms with van der Waals surface area (Å²) in [6, 6.07) is 0.134. The van der Waals surface area contributed by atoms with E-state index < -0.39 is 5.60 Å². The second kappa shape index (κ2) is 6.41. The highest BCUT2D eigenvalue weighted by Gasteiger charge is 2.55. The van der Waals surface area contributed by atoms with E-state index in [-0.39, 0.29) is 17.5 Å². The van der Waals surface area contributed by atoms with Gasteiger partial charge >= 0.3 is 0 Å². The third kappa shape index (κ3) is 3.24. The normalized spacial score (nSPS) is 33.3. The monoisotopic (exact) mass is 461 g/mol. The zero-order valence-electron chi connectivity index (χ0n) is 17.1. The van der Waals surface area contributed by atoms with Crippen LogP contribution in [-0.4, -0.2) is 42.2 Å². The van der Waals surface area contributed by atoms with Crippen LogP contribution < -0.4 is 5.32 Å². The Morgan fingerprint density at radius 2 is 1.90 bits per heavy atom. The Kier molecular flexibility index (Phi) is 4.27. The summed E-state index contributed by atoms with van der Waals surface area (Å²) in [5.74, 6) is 1.92. The van der Waals surface area contributed by atoms with Gasteiger partial charge in [-0.1, -0.05) is 0 Å². The fourth-order valence-corrected chi connectivity index (χ4v) is 6.36. The van der Waals surface area contributed by atoms with Crippen molar-refractivity contribution < 1.29 is 9.90 Å². The number of aliphatic hydroxyl groups is 1. The Bertz CT molecular complexity index is 943. The van der Waals surface area contributed by atoms with Crippen molar-refractivity contribution in [3.8, 4) is 5.82 Å². The number of carbonyl (C=O) groups is 1. The topological polar surface area (TPSA) is 85.0 Å². The van der Waals surface area contributed by atoms with Gasteiger partial charge in [0.05, 0.1) is 28.0 Å². The average molecular weight is 462 g/mol. The molecule has 0 spiro atoms. The van der Waals surface area contributed by atoms with Crippen LogP contribution in [0, 0.1) is 17.8 Å². The first kappa shape index (κ1) is 19.3. The minimum absolute atomic E-state index is 0.105. The zero-order valence-corrected chi connectivity index (χ0v) is 18.7. The van der Waals surface area contributed by atoms with Gasteiger partial charge in [-0.15, -0.1) is 0 Å². The number of hydrogen-bond donors (Lipinski definition) is 2. The standard InChI is InChI=1S/C21H28BrN5O2/c1-20(2,3)27-19(26-11-15(22)9-23-26)16(10-24-27)18(28)25-17-13-4-12-5-14(17)8-21(29,6-12)7-13/h9-14,17,29H,4-8H2,1-3H3,(H,25,28)/t12?,13-,14+,17?,21?. The molecule has 4 aliphatic carbocycles. The highest BCUT2D eigenvalue weighted by Crippen LogP contribution is 2.55. The van der Waals surface area contributed by atoms with Gasteiger partial charge in [-0.2, -0.15) is 10.2 Å². The molecule has 156 valence electrons. The second-order valence-corrected chi connectivity index (χ2v) is 11.2. The first-order valence-corrected chi connectivity index (χ1v) is 11.2. The van der Waals surface area contributed by atoms with Crippen molar-refractivity contribution in [2.75, 3.05) is 0 Å². The molecular formula is C21H28BrN5O2. The van der Waals surface area contributed by atoms with E-state index in [4.69, 9.17) is 0 Å². The molecule has 2 aromatic rings. The van der Waals surface area contributed by atoms with Gasteiger partial charge in [0.25, 0.3) is 5.91 Å². The van der Waals surface area contributed by atoms with Crippen LogP contribution >= 0.6 is 15.9 Å². The minimum atomic E-state index is -0.499. The summed E-state index contributed by atoms with van der Waals surface area (Å²) in [6.45, 7) is 6.17. The highest BCUT2D eigenvalue weighted by atomic mass is 79.9. The summed E-state index contributed by atoms with van der Waals surface area (Å²) in [4.78, 5) is 13.4. The Balaban J connectivity index is 1.46. The molecule has 2 N–H and O–H groups in total. The second-order valence-electron chi connectivity index (χ2n) is 10.3. The Labute approximate surface area is 179 Å². The molecule has 4 saturated carbocycles. The number of aromatic nitrogens is 4. The summed E-state index contributed by atoms with van der Waals surface area (Å²) < 4.78 is 4.40. The summed E-state index contributed by atoms with van der Waals surface area (Å²) in [6.07, 6.45) is 9.99. The van der Waals surface area contributed by atoms with Crippen molar-refractivity contribution in [3.63, 3.8) is 0 Å². The molecule has 2 aromatic heterocycles. The maximum absolute atomic E-state index is 13.4. The van der Waals surface area contributed by atoms with Crippen molar-refractivity contribution in [2.45, 2.75) is 70.1 Å². The number of nitrogens with one attached hydrogen (secondary N) is 1. The molecule has 4 bridgehead atoms. The van der Waals surface area contributed by atoms with Crippen LogP contribution in [0.2, 0.25) is 0 Å². The number of carbonyl (C=O) groups excluding carboxylic acids is 1. The van der Waals surface area contributed by atoms with Gasteiger partial charge in [-0.05, 0) is 86.6 Å². The SMILES string of the molecule is CC(C)(C)n1ncc(C(=O)NC2[C@@H]3CC4C[C@H]2CC(O)(C4)C3)c1-n1cc(Br)cn1. The van der Waals surface area contributed by atoms with Gasteiger partial charge in [0.15, 0.2) is 5.82 Å². The van der Waals surface area contributed by atoms with E-state index in [9.17, 15) is 9.90 Å². The summed E-state index contributed by atoms with van der Waals surface area (Å²) in [5, 5.41) is 23.1. The third-order valence-electron chi connectivity index (χ3n) is 6.93. The average Bonchev–Trinajstić information content (AvgIpc) is 3.22.